The van der Waals surface area contributed by atoms with Gasteiger partial charge in [-0.1, -0.05) is 84.4 Å². The molecule has 6 heteroatoms. The SMILES string of the molecule is CS(=O)(=O)N1CCN(Cc2ccc(-c3ccccc3Cl)cc2)C[C@@H]1Cc1ccccc1. The van der Waals surface area contributed by atoms with Crippen LogP contribution in [0.2, 0.25) is 5.02 Å². The predicted molar refractivity (Wildman–Crippen MR) is 128 cm³/mol. The molecule has 1 heterocycles. The monoisotopic (exact) mass is 454 g/mol. The first-order valence-corrected chi connectivity index (χ1v) is 12.7. The number of halogens is 1. The third kappa shape index (κ3) is 5.55. The van der Waals surface area contributed by atoms with Crippen molar-refractivity contribution in [3.63, 3.8) is 0 Å². The third-order valence-electron chi connectivity index (χ3n) is 5.80. The van der Waals surface area contributed by atoms with E-state index in [1.807, 2.05) is 42.5 Å². The molecule has 162 valence electrons. The number of piperazine rings is 1. The van der Waals surface area contributed by atoms with E-state index in [0.29, 0.717) is 13.1 Å². The Morgan fingerprint density at radius 3 is 2.23 bits per heavy atom. The first-order valence-electron chi connectivity index (χ1n) is 10.5. The highest BCUT2D eigenvalue weighted by Gasteiger charge is 2.32. The molecule has 3 aromatic carbocycles. The molecular weight excluding hydrogens is 428 g/mol. The second kappa shape index (κ2) is 9.53. The van der Waals surface area contributed by atoms with Crippen molar-refractivity contribution in [2.24, 2.45) is 0 Å². The molecular formula is C25H27ClN2O2S. The normalized spacial score (nSPS) is 18.2. The van der Waals surface area contributed by atoms with E-state index in [0.717, 1.165) is 41.2 Å². The van der Waals surface area contributed by atoms with Gasteiger partial charge < -0.3 is 0 Å². The molecule has 0 saturated carbocycles. The van der Waals surface area contributed by atoms with Crippen molar-refractivity contribution >= 4 is 21.6 Å². The average Bonchev–Trinajstić information content (AvgIpc) is 2.75. The highest BCUT2D eigenvalue weighted by molar-refractivity contribution is 7.88. The van der Waals surface area contributed by atoms with Crippen molar-refractivity contribution in [3.8, 4) is 11.1 Å². The molecule has 0 spiro atoms. The number of nitrogens with zero attached hydrogens (tertiary/aromatic N) is 2. The van der Waals surface area contributed by atoms with E-state index in [4.69, 9.17) is 11.6 Å². The third-order valence-corrected chi connectivity index (χ3v) is 7.46. The molecule has 0 N–H and O–H groups in total. The minimum Gasteiger partial charge on any atom is -0.296 e. The van der Waals surface area contributed by atoms with Gasteiger partial charge in [-0.2, -0.15) is 4.31 Å². The van der Waals surface area contributed by atoms with Gasteiger partial charge in [0, 0.05) is 42.8 Å². The summed E-state index contributed by atoms with van der Waals surface area (Å²) in [5.41, 5.74) is 4.49. The number of rotatable bonds is 6. The van der Waals surface area contributed by atoms with Crippen LogP contribution in [0.15, 0.2) is 78.9 Å². The number of sulfonamides is 1. The lowest BCUT2D eigenvalue weighted by Crippen LogP contribution is -2.55. The molecule has 1 fully saturated rings. The number of hydrogen-bond donors (Lipinski definition) is 0. The summed E-state index contributed by atoms with van der Waals surface area (Å²) in [7, 11) is -3.24. The fraction of sp³-hybridized carbons (Fsp3) is 0.280. The second-order valence-electron chi connectivity index (χ2n) is 8.13. The molecule has 0 radical (unpaired) electrons. The Labute approximate surface area is 190 Å². The van der Waals surface area contributed by atoms with Gasteiger partial charge in [-0.3, -0.25) is 4.90 Å². The highest BCUT2D eigenvalue weighted by atomic mass is 35.5. The molecule has 0 amide bonds. The van der Waals surface area contributed by atoms with Gasteiger partial charge in [0.15, 0.2) is 0 Å². The summed E-state index contributed by atoms with van der Waals surface area (Å²) < 4.78 is 26.4. The van der Waals surface area contributed by atoms with Crippen LogP contribution in [0.3, 0.4) is 0 Å². The Bertz CT molecular complexity index is 1120. The fourth-order valence-corrected chi connectivity index (χ4v) is 5.62. The minimum absolute atomic E-state index is 0.0615. The van der Waals surface area contributed by atoms with Crippen LogP contribution in [0.5, 0.6) is 0 Å². The largest absolute Gasteiger partial charge is 0.296 e. The standard InChI is InChI=1S/C25H27ClN2O2S/c1-31(29,30)28-16-15-27(19-23(28)17-20-7-3-2-4-8-20)18-21-11-13-22(14-12-21)24-9-5-6-10-25(24)26/h2-14,23H,15-19H2,1H3/t23-/m0/s1. The molecule has 0 bridgehead atoms. The Morgan fingerprint density at radius 1 is 0.871 bits per heavy atom. The lowest BCUT2D eigenvalue weighted by atomic mass is 10.0. The molecule has 4 nitrogen and oxygen atoms in total. The summed E-state index contributed by atoms with van der Waals surface area (Å²) >= 11 is 6.33. The molecule has 1 aliphatic rings. The van der Waals surface area contributed by atoms with E-state index in [9.17, 15) is 8.42 Å². The fourth-order valence-electron chi connectivity index (χ4n) is 4.28. The first kappa shape index (κ1) is 22.0. The lowest BCUT2D eigenvalue weighted by molar-refractivity contribution is 0.129. The molecule has 1 saturated heterocycles. The zero-order valence-electron chi connectivity index (χ0n) is 17.6. The van der Waals surface area contributed by atoms with Gasteiger partial charge in [-0.25, -0.2) is 8.42 Å². The van der Waals surface area contributed by atoms with E-state index < -0.39 is 10.0 Å². The Morgan fingerprint density at radius 2 is 1.55 bits per heavy atom. The molecule has 31 heavy (non-hydrogen) atoms. The maximum absolute atomic E-state index is 12.3. The van der Waals surface area contributed by atoms with Crippen LogP contribution in [-0.2, 0) is 23.0 Å². The van der Waals surface area contributed by atoms with E-state index >= 15 is 0 Å². The van der Waals surface area contributed by atoms with Crippen molar-refractivity contribution in [3.05, 3.63) is 95.0 Å². The van der Waals surface area contributed by atoms with Gasteiger partial charge in [0.1, 0.15) is 0 Å². The van der Waals surface area contributed by atoms with E-state index in [2.05, 4.69) is 41.3 Å². The smallest absolute Gasteiger partial charge is 0.211 e. The van der Waals surface area contributed by atoms with Gasteiger partial charge in [0.05, 0.1) is 6.26 Å². The van der Waals surface area contributed by atoms with E-state index in [1.165, 1.54) is 11.8 Å². The van der Waals surface area contributed by atoms with Crippen molar-refractivity contribution in [2.45, 2.75) is 19.0 Å². The quantitative estimate of drug-likeness (QED) is 0.542. The summed E-state index contributed by atoms with van der Waals surface area (Å²) in [5.74, 6) is 0. The van der Waals surface area contributed by atoms with Crippen LogP contribution in [0.4, 0.5) is 0 Å². The Hall–Kier alpha value is -2.18. The van der Waals surface area contributed by atoms with Crippen LogP contribution in [0.1, 0.15) is 11.1 Å². The van der Waals surface area contributed by atoms with Crippen LogP contribution in [0, 0.1) is 0 Å². The number of hydrogen-bond acceptors (Lipinski definition) is 3. The van der Waals surface area contributed by atoms with Crippen molar-refractivity contribution < 1.29 is 8.42 Å². The minimum atomic E-state index is -3.24. The maximum atomic E-state index is 12.3. The first-order chi connectivity index (χ1) is 14.9. The molecule has 1 atom stereocenters. The average molecular weight is 455 g/mol. The van der Waals surface area contributed by atoms with Crippen LogP contribution < -0.4 is 0 Å². The Balaban J connectivity index is 1.47. The van der Waals surface area contributed by atoms with Crippen molar-refractivity contribution in [1.82, 2.24) is 9.21 Å². The summed E-state index contributed by atoms with van der Waals surface area (Å²) in [6, 6.07) is 26.4. The zero-order chi connectivity index (χ0) is 21.8. The van der Waals surface area contributed by atoms with Crippen LogP contribution in [0.25, 0.3) is 11.1 Å². The molecule has 0 unspecified atom stereocenters. The van der Waals surface area contributed by atoms with Gasteiger partial charge in [-0.05, 0) is 29.2 Å². The maximum Gasteiger partial charge on any atom is 0.211 e. The summed E-state index contributed by atoms with van der Waals surface area (Å²) in [6.45, 7) is 2.76. The lowest BCUT2D eigenvalue weighted by Gasteiger charge is -2.40. The van der Waals surface area contributed by atoms with Crippen LogP contribution in [-0.4, -0.2) is 49.6 Å². The number of benzene rings is 3. The van der Waals surface area contributed by atoms with Gasteiger partial charge >= 0.3 is 0 Å². The van der Waals surface area contributed by atoms with Gasteiger partial charge in [-0.15, -0.1) is 0 Å². The Kier molecular flexibility index (Phi) is 6.77. The second-order valence-corrected chi connectivity index (χ2v) is 10.5. The topological polar surface area (TPSA) is 40.6 Å². The van der Waals surface area contributed by atoms with Crippen molar-refractivity contribution in [1.29, 1.82) is 0 Å². The molecule has 0 aromatic heterocycles. The molecule has 3 aromatic rings. The zero-order valence-corrected chi connectivity index (χ0v) is 19.2. The van der Waals surface area contributed by atoms with E-state index in [1.54, 1.807) is 4.31 Å². The van der Waals surface area contributed by atoms with Crippen LogP contribution >= 0.6 is 11.6 Å². The predicted octanol–water partition coefficient (Wildman–Crippen LogP) is 4.70. The summed E-state index contributed by atoms with van der Waals surface area (Å²) in [5, 5.41) is 0.746. The summed E-state index contributed by atoms with van der Waals surface area (Å²) in [6.07, 6.45) is 2.03. The summed E-state index contributed by atoms with van der Waals surface area (Å²) in [4.78, 5) is 2.35. The molecule has 4 rings (SSSR count). The van der Waals surface area contributed by atoms with E-state index in [-0.39, 0.29) is 6.04 Å². The highest BCUT2D eigenvalue weighted by Crippen LogP contribution is 2.28. The molecule has 0 aliphatic carbocycles. The van der Waals surface area contributed by atoms with Gasteiger partial charge in [0.25, 0.3) is 0 Å². The molecule has 1 aliphatic heterocycles. The van der Waals surface area contributed by atoms with Crippen molar-refractivity contribution in [2.75, 3.05) is 25.9 Å². The van der Waals surface area contributed by atoms with Gasteiger partial charge in [0.2, 0.25) is 10.0 Å².